The summed E-state index contributed by atoms with van der Waals surface area (Å²) in [4.78, 5) is 0. The Morgan fingerprint density at radius 3 is 1.31 bits per heavy atom. The molecule has 0 aliphatic heterocycles. The molecule has 0 aliphatic rings. The van der Waals surface area contributed by atoms with E-state index < -0.39 is 18.2 Å². The van der Waals surface area contributed by atoms with Gasteiger partial charge in [0.1, 0.15) is 0 Å². The van der Waals surface area contributed by atoms with Crippen molar-refractivity contribution in [3.05, 3.63) is 0 Å². The number of hydrogen-bond donors (Lipinski definition) is 0. The van der Waals surface area contributed by atoms with Crippen LogP contribution in [0.1, 0.15) is 7.43 Å². The van der Waals surface area contributed by atoms with Crippen LogP contribution in [0.25, 0.3) is 0 Å². The fraction of sp³-hybridized carbons (Fsp3) is 1.00. The molecule has 11 heteroatoms. The predicted octanol–water partition coefficient (Wildman–Crippen LogP) is 0.647. The summed E-state index contributed by atoms with van der Waals surface area (Å²) in [6.07, 6.45) is 0. The van der Waals surface area contributed by atoms with Crippen LogP contribution in [0.2, 0.25) is 0 Å². The maximum Gasteiger partial charge on any atom is 0.458 e. The topological polar surface area (TPSA) is 97.4 Å². The third-order valence-electron chi connectivity index (χ3n) is 0.985. The van der Waals surface area contributed by atoms with E-state index >= 15 is 0 Å². The van der Waals surface area contributed by atoms with Crippen molar-refractivity contribution < 1.29 is 34.8 Å². The van der Waals surface area contributed by atoms with Crippen molar-refractivity contribution in [1.29, 1.82) is 0 Å². The molecule has 2 radical (unpaired) electrons. The molecular formula is C5H16BO8PS. The summed E-state index contributed by atoms with van der Waals surface area (Å²) < 4.78 is 50.3. The lowest BCUT2D eigenvalue weighted by molar-refractivity contribution is 0.216. The zero-order valence-corrected chi connectivity index (χ0v) is 10.4. The zero-order chi connectivity index (χ0) is 12.5. The van der Waals surface area contributed by atoms with Crippen LogP contribution in [-0.4, -0.2) is 44.9 Å². The maximum atomic E-state index is 10.5. The van der Waals surface area contributed by atoms with Crippen molar-refractivity contribution in [3.63, 3.8) is 0 Å². The second-order valence-electron chi connectivity index (χ2n) is 1.66. The van der Waals surface area contributed by atoms with Crippen molar-refractivity contribution in [2.24, 2.45) is 0 Å². The van der Waals surface area contributed by atoms with Gasteiger partial charge in [-0.2, -0.15) is 8.42 Å². The van der Waals surface area contributed by atoms with Crippen molar-refractivity contribution in [3.8, 4) is 0 Å². The van der Waals surface area contributed by atoms with Crippen LogP contribution in [0.5, 0.6) is 0 Å². The van der Waals surface area contributed by atoms with E-state index in [1.807, 2.05) is 0 Å². The van der Waals surface area contributed by atoms with E-state index in [1.165, 1.54) is 14.2 Å². The zero-order valence-electron chi connectivity index (χ0n) is 8.70. The second kappa shape index (κ2) is 10.2. The Balaban J connectivity index is -0.000000200. The number of hydrogen-bond acceptors (Lipinski definition) is 8. The van der Waals surface area contributed by atoms with Crippen LogP contribution < -0.4 is 0 Å². The summed E-state index contributed by atoms with van der Waals surface area (Å²) in [6.45, 7) is 0. The Hall–Kier alpha value is 0.0449. The SMILES string of the molecule is C.COS(=O)(=O)OC.[B]OP(=O)(OC)OC. The van der Waals surface area contributed by atoms with Gasteiger partial charge in [0.15, 0.2) is 0 Å². The van der Waals surface area contributed by atoms with E-state index in [1.54, 1.807) is 0 Å². The van der Waals surface area contributed by atoms with E-state index in [2.05, 4.69) is 29.9 Å². The molecule has 0 aromatic heterocycles. The molecule has 98 valence electrons. The lowest BCUT2D eigenvalue weighted by Crippen LogP contribution is -2.02. The van der Waals surface area contributed by atoms with Gasteiger partial charge in [0.25, 0.3) is 8.05 Å². The van der Waals surface area contributed by atoms with Gasteiger partial charge >= 0.3 is 18.2 Å². The molecule has 0 N–H and O–H groups in total. The summed E-state index contributed by atoms with van der Waals surface area (Å²) in [6, 6.07) is 0. The van der Waals surface area contributed by atoms with Gasteiger partial charge in [-0.15, -0.1) is 0 Å². The first-order valence-electron chi connectivity index (χ1n) is 3.27. The molecule has 0 atom stereocenters. The first-order valence-corrected chi connectivity index (χ1v) is 6.06. The molecule has 0 aliphatic carbocycles. The normalized spacial score (nSPS) is 11.0. The predicted molar refractivity (Wildman–Crippen MR) is 58.1 cm³/mol. The molecule has 0 rings (SSSR count). The third-order valence-corrected chi connectivity index (χ3v) is 2.95. The molecule has 0 saturated heterocycles. The summed E-state index contributed by atoms with van der Waals surface area (Å²) in [7, 11) is 1.88. The van der Waals surface area contributed by atoms with Crippen molar-refractivity contribution in [1.82, 2.24) is 0 Å². The molecule has 8 nitrogen and oxygen atoms in total. The number of phosphoric ester groups is 1. The first kappa shape index (κ1) is 21.3. The highest BCUT2D eigenvalue weighted by atomic mass is 32.3. The van der Waals surface area contributed by atoms with Gasteiger partial charge in [0.2, 0.25) is 0 Å². The van der Waals surface area contributed by atoms with Gasteiger partial charge in [0.05, 0.1) is 14.2 Å². The van der Waals surface area contributed by atoms with Crippen LogP contribution in [-0.2, 0) is 36.8 Å². The maximum absolute atomic E-state index is 10.5. The van der Waals surface area contributed by atoms with Gasteiger partial charge in [-0.3, -0.25) is 17.4 Å². The average molecular weight is 278 g/mol. The van der Waals surface area contributed by atoms with Gasteiger partial charge in [-0.05, 0) is 0 Å². The fourth-order valence-electron chi connectivity index (χ4n) is 0.229. The molecule has 16 heavy (non-hydrogen) atoms. The minimum atomic E-state index is -3.66. The molecule has 0 spiro atoms. The molecule has 0 saturated carbocycles. The summed E-state index contributed by atoms with van der Waals surface area (Å²) >= 11 is 0. The summed E-state index contributed by atoms with van der Waals surface area (Å²) in [5, 5.41) is 0. The van der Waals surface area contributed by atoms with Gasteiger partial charge in [-0.1, -0.05) is 7.43 Å². The van der Waals surface area contributed by atoms with Crippen LogP contribution in [0.4, 0.5) is 0 Å². The molecular weight excluding hydrogens is 262 g/mol. The van der Waals surface area contributed by atoms with E-state index in [0.717, 1.165) is 14.2 Å². The highest BCUT2D eigenvalue weighted by molar-refractivity contribution is 7.81. The molecule has 0 fully saturated rings. The number of phosphoric acid groups is 1. The molecule has 0 aromatic rings. The second-order valence-corrected chi connectivity index (χ2v) is 4.98. The van der Waals surface area contributed by atoms with E-state index in [4.69, 9.17) is 0 Å². The standard InChI is InChI=1S/C2H6BO4P.C2H6O4S.CH4/c1-5-8(4,6-2)7-3;1-5-7(3,4)6-2;/h1-2H3;1-2H3;1H4. The van der Waals surface area contributed by atoms with Crippen LogP contribution in [0.15, 0.2) is 0 Å². The Morgan fingerprint density at radius 1 is 1.00 bits per heavy atom. The van der Waals surface area contributed by atoms with Crippen LogP contribution in [0, 0.1) is 0 Å². The highest BCUT2D eigenvalue weighted by Crippen LogP contribution is 2.45. The molecule has 0 aromatic carbocycles. The fourth-order valence-corrected chi connectivity index (χ4v) is 0.686. The van der Waals surface area contributed by atoms with Crippen LogP contribution >= 0.6 is 7.82 Å². The van der Waals surface area contributed by atoms with Gasteiger partial charge in [0, 0.05) is 14.2 Å². The third kappa shape index (κ3) is 10.6. The molecule has 0 unspecified atom stereocenters. The average Bonchev–Trinajstić information content (AvgIpc) is 2.29. The lowest BCUT2D eigenvalue weighted by Gasteiger charge is -2.08. The van der Waals surface area contributed by atoms with Crippen molar-refractivity contribution >= 4 is 26.3 Å². The summed E-state index contributed by atoms with van der Waals surface area (Å²) in [5.74, 6) is 0. The Labute approximate surface area is 97.6 Å². The summed E-state index contributed by atoms with van der Waals surface area (Å²) in [5.41, 5.74) is 0. The highest BCUT2D eigenvalue weighted by Gasteiger charge is 2.17. The minimum Gasteiger partial charge on any atom is -0.362 e. The van der Waals surface area contributed by atoms with Crippen molar-refractivity contribution in [2.45, 2.75) is 7.43 Å². The van der Waals surface area contributed by atoms with E-state index in [-0.39, 0.29) is 7.43 Å². The molecule has 0 heterocycles. The van der Waals surface area contributed by atoms with Gasteiger partial charge < -0.3 is 4.44 Å². The Bertz CT molecular complexity index is 262. The van der Waals surface area contributed by atoms with E-state index in [9.17, 15) is 13.0 Å². The van der Waals surface area contributed by atoms with E-state index in [0.29, 0.717) is 0 Å². The lowest BCUT2D eigenvalue weighted by atomic mass is 10.6. The molecule has 0 bridgehead atoms. The minimum absolute atomic E-state index is 0. The quantitative estimate of drug-likeness (QED) is 0.534. The Morgan fingerprint density at radius 2 is 1.31 bits per heavy atom. The van der Waals surface area contributed by atoms with Crippen molar-refractivity contribution in [2.75, 3.05) is 28.4 Å². The Kier molecular flexibility index (Phi) is 13.6. The van der Waals surface area contributed by atoms with Crippen LogP contribution in [0.3, 0.4) is 0 Å². The number of rotatable bonds is 5. The van der Waals surface area contributed by atoms with Gasteiger partial charge in [-0.25, -0.2) is 4.57 Å². The molecule has 0 amide bonds. The monoisotopic (exact) mass is 278 g/mol. The largest absolute Gasteiger partial charge is 0.458 e. The smallest absolute Gasteiger partial charge is 0.362 e. The first-order chi connectivity index (χ1) is 6.80.